The van der Waals surface area contributed by atoms with E-state index in [-0.39, 0.29) is 12.0 Å². The summed E-state index contributed by atoms with van der Waals surface area (Å²) in [6, 6.07) is -0.338. The maximum Gasteiger partial charge on any atom is 0.407 e. The molecule has 0 aliphatic heterocycles. The fourth-order valence-corrected chi connectivity index (χ4v) is 1.33. The van der Waals surface area contributed by atoms with Crippen LogP contribution >= 0.6 is 0 Å². The second-order valence-electron chi connectivity index (χ2n) is 4.94. The molecule has 2 N–H and O–H groups in total. The molecule has 0 aromatic carbocycles. The van der Waals surface area contributed by atoms with Crippen LogP contribution < -0.4 is 10.6 Å². The highest BCUT2D eigenvalue weighted by molar-refractivity contribution is 5.75. The molecule has 1 atom stereocenters. The van der Waals surface area contributed by atoms with Gasteiger partial charge in [-0.15, -0.1) is 0 Å². The zero-order chi connectivity index (χ0) is 14.2. The smallest absolute Gasteiger partial charge is 0.407 e. The van der Waals surface area contributed by atoms with Gasteiger partial charge >= 0.3 is 12.1 Å². The molecule has 1 amide bonds. The van der Waals surface area contributed by atoms with E-state index in [0.29, 0.717) is 19.4 Å². The van der Waals surface area contributed by atoms with Gasteiger partial charge in [-0.2, -0.15) is 0 Å². The Morgan fingerprint density at radius 3 is 2.33 bits per heavy atom. The number of nitrogens with one attached hydrogen (secondary N) is 2. The van der Waals surface area contributed by atoms with Crippen LogP contribution in [0.15, 0.2) is 0 Å². The molecule has 0 saturated carbocycles. The van der Waals surface area contributed by atoms with Crippen molar-refractivity contribution in [1.29, 1.82) is 0 Å². The van der Waals surface area contributed by atoms with Crippen LogP contribution in [0.1, 0.15) is 33.6 Å². The van der Waals surface area contributed by atoms with Crippen molar-refractivity contribution in [2.45, 2.75) is 45.3 Å². The van der Waals surface area contributed by atoms with Gasteiger partial charge in [0.25, 0.3) is 0 Å². The first-order valence-electron chi connectivity index (χ1n) is 6.02. The number of likely N-dealkylation sites (N-methyl/N-ethyl adjacent to an activating group) is 1. The van der Waals surface area contributed by atoms with Gasteiger partial charge in [0, 0.05) is 6.54 Å². The minimum Gasteiger partial charge on any atom is -0.468 e. The molecule has 0 heterocycles. The Hall–Kier alpha value is -1.30. The molecule has 0 rings (SSSR count). The topological polar surface area (TPSA) is 76.7 Å². The van der Waals surface area contributed by atoms with Gasteiger partial charge in [0.2, 0.25) is 0 Å². The predicted molar refractivity (Wildman–Crippen MR) is 68.3 cm³/mol. The first-order chi connectivity index (χ1) is 8.30. The SMILES string of the molecule is CN[C@H](CCCNC(=O)OC(C)(C)C)C(=O)OC. The molecule has 0 aromatic rings. The maximum atomic E-state index is 11.3. The molecule has 106 valence electrons. The van der Waals surface area contributed by atoms with Crippen molar-refractivity contribution in [3.63, 3.8) is 0 Å². The van der Waals surface area contributed by atoms with E-state index in [2.05, 4.69) is 15.4 Å². The van der Waals surface area contributed by atoms with Crippen LogP contribution in [0, 0.1) is 0 Å². The van der Waals surface area contributed by atoms with E-state index in [1.54, 1.807) is 27.8 Å². The predicted octanol–water partition coefficient (Wildman–Crippen LogP) is 1.05. The van der Waals surface area contributed by atoms with Crippen LogP contribution in [-0.2, 0) is 14.3 Å². The van der Waals surface area contributed by atoms with E-state index in [9.17, 15) is 9.59 Å². The molecule has 0 aromatic heterocycles. The number of carbonyl (C=O) groups excluding carboxylic acids is 2. The highest BCUT2D eigenvalue weighted by Gasteiger charge is 2.17. The quantitative estimate of drug-likeness (QED) is 0.551. The lowest BCUT2D eigenvalue weighted by atomic mass is 10.1. The zero-order valence-corrected chi connectivity index (χ0v) is 11.8. The summed E-state index contributed by atoms with van der Waals surface area (Å²) in [7, 11) is 3.05. The average Bonchev–Trinajstić information content (AvgIpc) is 2.26. The third-order valence-corrected chi connectivity index (χ3v) is 2.17. The van der Waals surface area contributed by atoms with Crippen molar-refractivity contribution >= 4 is 12.1 Å². The van der Waals surface area contributed by atoms with Gasteiger partial charge < -0.3 is 20.1 Å². The lowest BCUT2D eigenvalue weighted by Gasteiger charge is -2.20. The fraction of sp³-hybridized carbons (Fsp3) is 0.833. The second-order valence-corrected chi connectivity index (χ2v) is 4.94. The Kier molecular flexibility index (Phi) is 7.35. The molecule has 6 heteroatoms. The Bertz CT molecular complexity index is 274. The van der Waals surface area contributed by atoms with E-state index in [1.165, 1.54) is 7.11 Å². The number of ether oxygens (including phenoxy) is 2. The van der Waals surface area contributed by atoms with E-state index in [1.807, 2.05) is 0 Å². The van der Waals surface area contributed by atoms with Crippen LogP contribution in [0.3, 0.4) is 0 Å². The van der Waals surface area contributed by atoms with E-state index in [0.717, 1.165) is 0 Å². The molecule has 18 heavy (non-hydrogen) atoms. The lowest BCUT2D eigenvalue weighted by Crippen LogP contribution is -2.37. The molecule has 0 aliphatic carbocycles. The van der Waals surface area contributed by atoms with Crippen LogP contribution in [0.2, 0.25) is 0 Å². The molecular weight excluding hydrogens is 236 g/mol. The average molecular weight is 260 g/mol. The lowest BCUT2D eigenvalue weighted by molar-refractivity contribution is -0.143. The van der Waals surface area contributed by atoms with Gasteiger partial charge in [0.1, 0.15) is 11.6 Å². The van der Waals surface area contributed by atoms with E-state index >= 15 is 0 Å². The fourth-order valence-electron chi connectivity index (χ4n) is 1.33. The monoisotopic (exact) mass is 260 g/mol. The highest BCUT2D eigenvalue weighted by atomic mass is 16.6. The number of hydrogen-bond donors (Lipinski definition) is 2. The first kappa shape index (κ1) is 16.7. The van der Waals surface area contributed by atoms with Gasteiger partial charge in [-0.25, -0.2) is 4.79 Å². The van der Waals surface area contributed by atoms with Crippen LogP contribution in [0.5, 0.6) is 0 Å². The number of carbonyl (C=O) groups is 2. The van der Waals surface area contributed by atoms with E-state index in [4.69, 9.17) is 4.74 Å². The van der Waals surface area contributed by atoms with Gasteiger partial charge in [-0.05, 0) is 40.7 Å². The van der Waals surface area contributed by atoms with Crippen LogP contribution in [-0.4, -0.2) is 44.4 Å². The summed E-state index contributed by atoms with van der Waals surface area (Å²) >= 11 is 0. The standard InChI is InChI=1S/C12H24N2O4/c1-12(2,3)18-11(16)14-8-6-7-9(13-4)10(15)17-5/h9,13H,6-8H2,1-5H3,(H,14,16)/t9-/m1/s1. The Morgan fingerprint density at radius 2 is 1.89 bits per heavy atom. The minimum atomic E-state index is -0.496. The molecule has 6 nitrogen and oxygen atoms in total. The molecule has 0 aliphatic rings. The third kappa shape index (κ3) is 7.89. The summed E-state index contributed by atoms with van der Waals surface area (Å²) in [5, 5.41) is 5.50. The number of amides is 1. The number of methoxy groups -OCH3 is 1. The minimum absolute atomic E-state index is 0.297. The molecule has 0 spiro atoms. The van der Waals surface area contributed by atoms with E-state index < -0.39 is 11.7 Å². The van der Waals surface area contributed by atoms with Gasteiger partial charge in [0.05, 0.1) is 7.11 Å². The van der Waals surface area contributed by atoms with Gasteiger partial charge in [0.15, 0.2) is 0 Å². The first-order valence-corrected chi connectivity index (χ1v) is 6.02. The van der Waals surface area contributed by atoms with Crippen molar-refractivity contribution in [2.75, 3.05) is 20.7 Å². The Morgan fingerprint density at radius 1 is 1.28 bits per heavy atom. The summed E-state index contributed by atoms with van der Waals surface area (Å²) in [5.41, 5.74) is -0.496. The van der Waals surface area contributed by atoms with Crippen molar-refractivity contribution in [3.05, 3.63) is 0 Å². The number of hydrogen-bond acceptors (Lipinski definition) is 5. The zero-order valence-electron chi connectivity index (χ0n) is 11.8. The van der Waals surface area contributed by atoms with Crippen molar-refractivity contribution in [1.82, 2.24) is 10.6 Å². The molecule has 0 bridgehead atoms. The van der Waals surface area contributed by atoms with Crippen LogP contribution in [0.25, 0.3) is 0 Å². The normalized spacial score (nSPS) is 12.7. The highest BCUT2D eigenvalue weighted by Crippen LogP contribution is 2.06. The Labute approximate surface area is 108 Å². The van der Waals surface area contributed by atoms with Gasteiger partial charge in [-0.1, -0.05) is 0 Å². The molecule has 0 unspecified atom stereocenters. The van der Waals surface area contributed by atoms with Crippen molar-refractivity contribution in [2.24, 2.45) is 0 Å². The van der Waals surface area contributed by atoms with Crippen LogP contribution in [0.4, 0.5) is 4.79 Å². The number of alkyl carbamates (subject to hydrolysis) is 1. The molecule has 0 saturated heterocycles. The summed E-state index contributed by atoms with van der Waals surface area (Å²) in [6.07, 6.45) is 0.820. The summed E-state index contributed by atoms with van der Waals surface area (Å²) in [6.45, 7) is 5.88. The maximum absolute atomic E-state index is 11.3. The number of rotatable bonds is 6. The number of esters is 1. The molecule has 0 fully saturated rings. The third-order valence-electron chi connectivity index (χ3n) is 2.17. The van der Waals surface area contributed by atoms with Crippen molar-refractivity contribution < 1.29 is 19.1 Å². The largest absolute Gasteiger partial charge is 0.468 e. The second kappa shape index (κ2) is 7.92. The molecule has 0 radical (unpaired) electrons. The summed E-state index contributed by atoms with van der Waals surface area (Å²) in [4.78, 5) is 22.6. The summed E-state index contributed by atoms with van der Waals surface area (Å²) < 4.78 is 9.72. The van der Waals surface area contributed by atoms with Crippen molar-refractivity contribution in [3.8, 4) is 0 Å². The van der Waals surface area contributed by atoms with Gasteiger partial charge in [-0.3, -0.25) is 4.79 Å². The molecular formula is C12H24N2O4. The summed E-state index contributed by atoms with van der Waals surface area (Å²) in [5.74, 6) is -0.297. The Balaban J connectivity index is 3.79.